The average molecular weight is 275 g/mol. The number of hydrogen-bond donors (Lipinski definition) is 2. The molecule has 0 aromatic heterocycles. The molecule has 0 fully saturated rings. The van der Waals surface area contributed by atoms with E-state index in [4.69, 9.17) is 5.73 Å². The normalized spacial score (nSPS) is 12.3. The van der Waals surface area contributed by atoms with Gasteiger partial charge in [0.05, 0.1) is 4.47 Å². The molecule has 0 spiro atoms. The Labute approximate surface area is 96.0 Å². The van der Waals surface area contributed by atoms with Crippen molar-refractivity contribution in [3.8, 4) is 0 Å². The molecule has 0 bridgehead atoms. The lowest BCUT2D eigenvalue weighted by Gasteiger charge is -2.11. The van der Waals surface area contributed by atoms with Gasteiger partial charge in [0.15, 0.2) is 0 Å². The molecule has 0 aliphatic carbocycles. The fourth-order valence-corrected chi connectivity index (χ4v) is 1.38. The summed E-state index contributed by atoms with van der Waals surface area (Å²) in [6, 6.07) is 4.01. The number of rotatable bonds is 3. The molecule has 1 unspecified atom stereocenters. The highest BCUT2D eigenvalue weighted by Gasteiger charge is 2.10. The topological polar surface area (TPSA) is 55.1 Å². The summed E-state index contributed by atoms with van der Waals surface area (Å²) in [5, 5.41) is 2.69. The lowest BCUT2D eigenvalue weighted by atomic mass is 10.2. The van der Waals surface area contributed by atoms with Crippen LogP contribution in [0.1, 0.15) is 17.3 Å². The average Bonchev–Trinajstić information content (AvgIpc) is 2.21. The van der Waals surface area contributed by atoms with E-state index in [2.05, 4.69) is 21.2 Å². The minimum atomic E-state index is -0.390. The van der Waals surface area contributed by atoms with Gasteiger partial charge in [-0.1, -0.05) is 0 Å². The summed E-state index contributed by atoms with van der Waals surface area (Å²) in [4.78, 5) is 11.6. The van der Waals surface area contributed by atoms with E-state index >= 15 is 0 Å². The SMILES string of the molecule is CC(CN)NC(=O)c1ccc(F)c(Br)c1. The quantitative estimate of drug-likeness (QED) is 0.881. The number of carbonyl (C=O) groups is 1. The Hall–Kier alpha value is -0.940. The van der Waals surface area contributed by atoms with Gasteiger partial charge in [-0.15, -0.1) is 0 Å². The van der Waals surface area contributed by atoms with Crippen molar-refractivity contribution in [1.82, 2.24) is 5.32 Å². The van der Waals surface area contributed by atoms with Crippen LogP contribution in [0.15, 0.2) is 22.7 Å². The van der Waals surface area contributed by atoms with E-state index in [1.807, 2.05) is 0 Å². The van der Waals surface area contributed by atoms with Crippen molar-refractivity contribution in [3.63, 3.8) is 0 Å². The lowest BCUT2D eigenvalue weighted by Crippen LogP contribution is -2.37. The molecule has 1 aromatic rings. The molecule has 0 saturated heterocycles. The van der Waals surface area contributed by atoms with Crippen LogP contribution in [-0.4, -0.2) is 18.5 Å². The van der Waals surface area contributed by atoms with E-state index in [1.54, 1.807) is 6.92 Å². The fourth-order valence-electron chi connectivity index (χ4n) is 1.00. The Kier molecular flexibility index (Phi) is 4.23. The number of nitrogens with two attached hydrogens (primary N) is 1. The Morgan fingerprint density at radius 2 is 2.33 bits per heavy atom. The zero-order valence-electron chi connectivity index (χ0n) is 8.26. The molecule has 1 atom stereocenters. The van der Waals surface area contributed by atoms with Crippen molar-refractivity contribution in [3.05, 3.63) is 34.1 Å². The highest BCUT2D eigenvalue weighted by molar-refractivity contribution is 9.10. The minimum Gasteiger partial charge on any atom is -0.348 e. The molecule has 0 heterocycles. The first-order chi connectivity index (χ1) is 7.04. The molecule has 0 aliphatic heterocycles. The Morgan fingerprint density at radius 1 is 1.67 bits per heavy atom. The highest BCUT2D eigenvalue weighted by atomic mass is 79.9. The molecular formula is C10H12BrFN2O. The Morgan fingerprint density at radius 3 is 2.87 bits per heavy atom. The van der Waals surface area contributed by atoms with Crippen molar-refractivity contribution in [2.45, 2.75) is 13.0 Å². The van der Waals surface area contributed by atoms with Gasteiger partial charge in [-0.3, -0.25) is 4.79 Å². The van der Waals surface area contributed by atoms with Crippen LogP contribution in [0.5, 0.6) is 0 Å². The lowest BCUT2D eigenvalue weighted by molar-refractivity contribution is 0.0941. The maximum absolute atomic E-state index is 12.9. The van der Waals surface area contributed by atoms with Gasteiger partial charge in [0, 0.05) is 18.2 Å². The predicted octanol–water partition coefficient (Wildman–Crippen LogP) is 1.67. The number of benzene rings is 1. The molecule has 0 saturated carbocycles. The number of amides is 1. The second kappa shape index (κ2) is 5.23. The molecule has 15 heavy (non-hydrogen) atoms. The first-order valence-corrected chi connectivity index (χ1v) is 5.30. The molecule has 3 nitrogen and oxygen atoms in total. The van der Waals surface area contributed by atoms with Gasteiger partial charge in [0.1, 0.15) is 5.82 Å². The van der Waals surface area contributed by atoms with E-state index < -0.39 is 5.82 Å². The largest absolute Gasteiger partial charge is 0.348 e. The molecule has 1 rings (SSSR count). The second-order valence-electron chi connectivity index (χ2n) is 3.24. The maximum atomic E-state index is 12.9. The Bertz CT molecular complexity index is 370. The Balaban J connectivity index is 2.78. The van der Waals surface area contributed by atoms with E-state index in [0.29, 0.717) is 12.1 Å². The number of carbonyl (C=O) groups excluding carboxylic acids is 1. The van der Waals surface area contributed by atoms with Crippen LogP contribution in [0.4, 0.5) is 4.39 Å². The number of halogens is 2. The number of hydrogen-bond acceptors (Lipinski definition) is 2. The van der Waals surface area contributed by atoms with Crippen LogP contribution >= 0.6 is 15.9 Å². The molecular weight excluding hydrogens is 263 g/mol. The minimum absolute atomic E-state index is 0.0960. The van der Waals surface area contributed by atoms with Crippen LogP contribution in [-0.2, 0) is 0 Å². The molecule has 1 amide bonds. The van der Waals surface area contributed by atoms with Gasteiger partial charge >= 0.3 is 0 Å². The van der Waals surface area contributed by atoms with E-state index in [1.165, 1.54) is 18.2 Å². The van der Waals surface area contributed by atoms with E-state index in [9.17, 15) is 9.18 Å². The van der Waals surface area contributed by atoms with Gasteiger partial charge in [0.25, 0.3) is 5.91 Å². The maximum Gasteiger partial charge on any atom is 0.251 e. The van der Waals surface area contributed by atoms with Crippen LogP contribution in [0, 0.1) is 5.82 Å². The van der Waals surface area contributed by atoms with Crippen molar-refractivity contribution in [2.75, 3.05) is 6.54 Å². The van der Waals surface area contributed by atoms with Crippen molar-refractivity contribution in [1.29, 1.82) is 0 Å². The monoisotopic (exact) mass is 274 g/mol. The van der Waals surface area contributed by atoms with E-state index in [0.717, 1.165) is 0 Å². The fraction of sp³-hybridized carbons (Fsp3) is 0.300. The van der Waals surface area contributed by atoms with Crippen molar-refractivity contribution < 1.29 is 9.18 Å². The summed E-state index contributed by atoms with van der Waals surface area (Å²) in [7, 11) is 0. The number of nitrogens with one attached hydrogen (secondary N) is 1. The molecule has 1 aromatic carbocycles. The molecule has 5 heteroatoms. The third kappa shape index (κ3) is 3.28. The summed E-state index contributed by atoms with van der Waals surface area (Å²) in [6.45, 7) is 2.17. The third-order valence-electron chi connectivity index (χ3n) is 1.91. The smallest absolute Gasteiger partial charge is 0.251 e. The first-order valence-electron chi connectivity index (χ1n) is 4.50. The molecule has 82 valence electrons. The van der Waals surface area contributed by atoms with Gasteiger partial charge in [-0.25, -0.2) is 4.39 Å². The summed E-state index contributed by atoms with van der Waals surface area (Å²) in [5.41, 5.74) is 5.77. The van der Waals surface area contributed by atoms with Crippen LogP contribution < -0.4 is 11.1 Å². The predicted molar refractivity (Wildman–Crippen MR) is 60.1 cm³/mol. The van der Waals surface area contributed by atoms with Crippen LogP contribution in [0.25, 0.3) is 0 Å². The van der Waals surface area contributed by atoms with Crippen LogP contribution in [0.2, 0.25) is 0 Å². The summed E-state index contributed by atoms with van der Waals surface area (Å²) in [5.74, 6) is -0.646. The third-order valence-corrected chi connectivity index (χ3v) is 2.52. The molecule has 0 aliphatic rings. The van der Waals surface area contributed by atoms with E-state index in [-0.39, 0.29) is 16.4 Å². The molecule has 0 radical (unpaired) electrons. The van der Waals surface area contributed by atoms with Gasteiger partial charge in [0.2, 0.25) is 0 Å². The highest BCUT2D eigenvalue weighted by Crippen LogP contribution is 2.16. The van der Waals surface area contributed by atoms with Crippen molar-refractivity contribution >= 4 is 21.8 Å². The standard InChI is InChI=1S/C10H12BrFN2O/c1-6(5-13)14-10(15)7-2-3-9(12)8(11)4-7/h2-4,6H,5,13H2,1H3,(H,14,15). The second-order valence-corrected chi connectivity index (χ2v) is 4.09. The van der Waals surface area contributed by atoms with Gasteiger partial charge in [-0.05, 0) is 41.1 Å². The van der Waals surface area contributed by atoms with Crippen LogP contribution in [0.3, 0.4) is 0 Å². The molecule has 3 N–H and O–H groups in total. The summed E-state index contributed by atoms with van der Waals surface area (Å²) in [6.07, 6.45) is 0. The zero-order valence-corrected chi connectivity index (χ0v) is 9.84. The summed E-state index contributed by atoms with van der Waals surface area (Å²) < 4.78 is 13.2. The van der Waals surface area contributed by atoms with Gasteiger partial charge < -0.3 is 11.1 Å². The van der Waals surface area contributed by atoms with Gasteiger partial charge in [-0.2, -0.15) is 0 Å². The summed E-state index contributed by atoms with van der Waals surface area (Å²) >= 11 is 3.02. The van der Waals surface area contributed by atoms with Crippen molar-refractivity contribution in [2.24, 2.45) is 5.73 Å². The first kappa shape index (κ1) is 12.1. The zero-order chi connectivity index (χ0) is 11.4.